The molecule has 0 radical (unpaired) electrons. The molecule has 1 N–H and O–H groups in total. The Labute approximate surface area is 141 Å². The molecule has 0 bridgehead atoms. The highest BCUT2D eigenvalue weighted by Crippen LogP contribution is 2.11. The Hall–Kier alpha value is -1.30. The van der Waals surface area contributed by atoms with Gasteiger partial charge in [0.05, 0.1) is 13.1 Å². The molecule has 0 fully saturated rings. The van der Waals surface area contributed by atoms with Gasteiger partial charge < -0.3 is 15.0 Å². The molecule has 0 saturated carbocycles. The third-order valence-electron chi connectivity index (χ3n) is 3.81. The fraction of sp³-hybridized carbons (Fsp3) is 0.882. The molecule has 6 nitrogen and oxygen atoms in total. The maximum atomic E-state index is 12.1. The maximum absolute atomic E-state index is 12.1. The summed E-state index contributed by atoms with van der Waals surface area (Å²) in [5.41, 5.74) is -0.457. The van der Waals surface area contributed by atoms with Gasteiger partial charge in [0, 0.05) is 19.1 Å². The molecule has 1 aliphatic heterocycles. The third kappa shape index (κ3) is 8.21. The Kier molecular flexibility index (Phi) is 7.82. The Bertz CT molecular complexity index is 402. The van der Waals surface area contributed by atoms with Gasteiger partial charge in [-0.25, -0.2) is 4.79 Å². The lowest BCUT2D eigenvalue weighted by Crippen LogP contribution is -2.47. The Balaban J connectivity index is 2.25. The topological polar surface area (TPSA) is 57.2 Å². The fourth-order valence-electron chi connectivity index (χ4n) is 2.19. The molecule has 0 aromatic rings. The number of aliphatic imine (C=N–C) groups is 1. The minimum atomic E-state index is -0.457. The first kappa shape index (κ1) is 19.7. The lowest BCUT2D eigenvalue weighted by molar-refractivity contribution is 0.0276. The molecule has 23 heavy (non-hydrogen) atoms. The van der Waals surface area contributed by atoms with Crippen LogP contribution in [0.4, 0.5) is 4.79 Å². The highest BCUT2D eigenvalue weighted by Gasteiger charge is 2.24. The van der Waals surface area contributed by atoms with Gasteiger partial charge in [-0.05, 0) is 61.1 Å². The van der Waals surface area contributed by atoms with Gasteiger partial charge in [-0.15, -0.1) is 0 Å². The third-order valence-corrected chi connectivity index (χ3v) is 3.81. The number of hydrogen-bond acceptors (Lipinski definition) is 5. The van der Waals surface area contributed by atoms with E-state index in [0.29, 0.717) is 25.7 Å². The number of ether oxygens (including phenoxy) is 1. The van der Waals surface area contributed by atoms with Gasteiger partial charge in [0.2, 0.25) is 0 Å². The SMILES string of the molecule is CC(C)N(C)CCCCNC1=NCCN(C(=O)OC(C)(C)C)C1. The molecule has 1 aliphatic rings. The van der Waals surface area contributed by atoms with E-state index in [2.05, 4.69) is 36.1 Å². The number of nitrogens with zero attached hydrogens (tertiary/aromatic N) is 3. The van der Waals surface area contributed by atoms with Crippen molar-refractivity contribution in [3.8, 4) is 0 Å². The molecule has 0 aliphatic carbocycles. The summed E-state index contributed by atoms with van der Waals surface area (Å²) in [6, 6.07) is 0.591. The van der Waals surface area contributed by atoms with Crippen molar-refractivity contribution in [3.63, 3.8) is 0 Å². The zero-order valence-electron chi connectivity index (χ0n) is 15.7. The van der Waals surface area contributed by atoms with Crippen LogP contribution < -0.4 is 5.32 Å². The maximum Gasteiger partial charge on any atom is 0.410 e. The van der Waals surface area contributed by atoms with Gasteiger partial charge in [0.15, 0.2) is 0 Å². The van der Waals surface area contributed by atoms with Crippen molar-refractivity contribution in [3.05, 3.63) is 0 Å². The lowest BCUT2D eigenvalue weighted by Gasteiger charge is -2.30. The molecule has 0 spiro atoms. The molecule has 1 amide bonds. The summed E-state index contributed by atoms with van der Waals surface area (Å²) in [6.07, 6.45) is 2.00. The lowest BCUT2D eigenvalue weighted by atomic mass is 10.2. The molecule has 0 aromatic heterocycles. The summed E-state index contributed by atoms with van der Waals surface area (Å²) < 4.78 is 5.42. The van der Waals surface area contributed by atoms with E-state index in [9.17, 15) is 4.79 Å². The van der Waals surface area contributed by atoms with E-state index >= 15 is 0 Å². The van der Waals surface area contributed by atoms with Gasteiger partial charge in [0.1, 0.15) is 11.4 Å². The molecule has 1 heterocycles. The van der Waals surface area contributed by atoms with Crippen LogP contribution in [0.3, 0.4) is 0 Å². The Morgan fingerprint density at radius 1 is 1.39 bits per heavy atom. The van der Waals surface area contributed by atoms with Crippen molar-refractivity contribution in [1.82, 2.24) is 15.1 Å². The van der Waals surface area contributed by atoms with E-state index in [0.717, 1.165) is 31.8 Å². The standard InChI is InChI=1S/C17H34N4O2/c1-14(2)20(6)11-8-7-9-18-15-13-21(12-10-19-15)16(22)23-17(3,4)5/h14H,7-13H2,1-6H3,(H,18,19). The van der Waals surface area contributed by atoms with Crippen LogP contribution in [0.5, 0.6) is 0 Å². The average Bonchev–Trinajstić information content (AvgIpc) is 2.45. The van der Waals surface area contributed by atoms with Crippen LogP contribution >= 0.6 is 0 Å². The number of amidine groups is 1. The quantitative estimate of drug-likeness (QED) is 0.761. The van der Waals surface area contributed by atoms with Crippen LogP contribution in [0.25, 0.3) is 0 Å². The normalized spacial score (nSPS) is 15.8. The van der Waals surface area contributed by atoms with Crippen LogP contribution in [0.2, 0.25) is 0 Å². The minimum Gasteiger partial charge on any atom is -0.444 e. The summed E-state index contributed by atoms with van der Waals surface area (Å²) >= 11 is 0. The number of rotatable bonds is 6. The first-order valence-corrected chi connectivity index (χ1v) is 8.64. The smallest absolute Gasteiger partial charge is 0.410 e. The highest BCUT2D eigenvalue weighted by molar-refractivity contribution is 5.87. The number of amides is 1. The summed E-state index contributed by atoms with van der Waals surface area (Å²) in [4.78, 5) is 20.6. The second kappa shape index (κ2) is 9.11. The second-order valence-corrected chi connectivity index (χ2v) is 7.44. The first-order chi connectivity index (χ1) is 10.7. The average molecular weight is 326 g/mol. The summed E-state index contributed by atoms with van der Waals surface area (Å²) in [5.74, 6) is 0.888. The predicted molar refractivity (Wildman–Crippen MR) is 95.1 cm³/mol. The van der Waals surface area contributed by atoms with E-state index in [1.54, 1.807) is 4.90 Å². The molecular formula is C17H34N4O2. The van der Waals surface area contributed by atoms with Gasteiger partial charge in [0.25, 0.3) is 0 Å². The molecule has 0 atom stereocenters. The molecule has 0 unspecified atom stereocenters. The predicted octanol–water partition coefficient (Wildman–Crippen LogP) is 2.35. The van der Waals surface area contributed by atoms with E-state index in [1.807, 2.05) is 20.8 Å². The molecule has 6 heteroatoms. The number of carbonyl (C=O) groups is 1. The zero-order chi connectivity index (χ0) is 17.5. The van der Waals surface area contributed by atoms with Gasteiger partial charge in [-0.1, -0.05) is 0 Å². The van der Waals surface area contributed by atoms with Crippen molar-refractivity contribution in [2.75, 3.05) is 39.8 Å². The first-order valence-electron chi connectivity index (χ1n) is 8.64. The monoisotopic (exact) mass is 326 g/mol. The van der Waals surface area contributed by atoms with Crippen LogP contribution in [0, 0.1) is 0 Å². The van der Waals surface area contributed by atoms with Crippen LogP contribution in [0.15, 0.2) is 4.99 Å². The molecular weight excluding hydrogens is 292 g/mol. The molecule has 0 saturated heterocycles. The van der Waals surface area contributed by atoms with Crippen molar-refractivity contribution >= 4 is 11.9 Å². The molecule has 134 valence electrons. The van der Waals surface area contributed by atoms with Crippen molar-refractivity contribution < 1.29 is 9.53 Å². The Morgan fingerprint density at radius 3 is 2.70 bits per heavy atom. The number of hydrogen-bond donors (Lipinski definition) is 1. The van der Waals surface area contributed by atoms with Gasteiger partial charge in [-0.2, -0.15) is 0 Å². The summed E-state index contributed by atoms with van der Waals surface area (Å²) in [6.45, 7) is 13.9. The van der Waals surface area contributed by atoms with E-state index in [1.165, 1.54) is 0 Å². The number of carbonyl (C=O) groups excluding carboxylic acids is 1. The van der Waals surface area contributed by atoms with Crippen LogP contribution in [-0.4, -0.2) is 73.1 Å². The molecule has 1 rings (SSSR count). The highest BCUT2D eigenvalue weighted by atomic mass is 16.6. The van der Waals surface area contributed by atoms with Crippen LogP contribution in [-0.2, 0) is 4.74 Å². The van der Waals surface area contributed by atoms with Crippen molar-refractivity contribution in [2.24, 2.45) is 4.99 Å². The van der Waals surface area contributed by atoms with Gasteiger partial charge in [-0.3, -0.25) is 9.89 Å². The Morgan fingerprint density at radius 2 is 2.09 bits per heavy atom. The zero-order valence-corrected chi connectivity index (χ0v) is 15.7. The van der Waals surface area contributed by atoms with Crippen molar-refractivity contribution in [1.29, 1.82) is 0 Å². The minimum absolute atomic E-state index is 0.259. The second-order valence-electron chi connectivity index (χ2n) is 7.44. The summed E-state index contributed by atoms with van der Waals surface area (Å²) in [5, 5.41) is 3.35. The van der Waals surface area contributed by atoms with E-state index < -0.39 is 5.60 Å². The van der Waals surface area contributed by atoms with Crippen LogP contribution in [0.1, 0.15) is 47.5 Å². The largest absolute Gasteiger partial charge is 0.444 e. The van der Waals surface area contributed by atoms with Crippen molar-refractivity contribution in [2.45, 2.75) is 59.1 Å². The van der Waals surface area contributed by atoms with E-state index in [-0.39, 0.29) is 6.09 Å². The number of nitrogens with one attached hydrogen (secondary N) is 1. The van der Waals surface area contributed by atoms with E-state index in [4.69, 9.17) is 4.74 Å². The fourth-order valence-corrected chi connectivity index (χ4v) is 2.19. The van der Waals surface area contributed by atoms with Gasteiger partial charge >= 0.3 is 6.09 Å². The summed E-state index contributed by atoms with van der Waals surface area (Å²) in [7, 11) is 2.15. The number of unbranched alkanes of at least 4 members (excludes halogenated alkanes) is 1. The molecule has 0 aromatic carbocycles.